The van der Waals surface area contributed by atoms with E-state index in [2.05, 4.69) is 16.0 Å². The van der Waals surface area contributed by atoms with E-state index in [1.54, 1.807) is 47.4 Å². The monoisotopic (exact) mass is 408 g/mol. The van der Waals surface area contributed by atoms with Crippen LogP contribution < -0.4 is 25.6 Å². The largest absolute Gasteiger partial charge is 0.482 e. The Labute approximate surface area is 172 Å². The number of hydrogen-bond acceptors (Lipinski definition) is 5. The van der Waals surface area contributed by atoms with Gasteiger partial charge in [0.05, 0.1) is 12.2 Å². The zero-order valence-corrected chi connectivity index (χ0v) is 16.1. The van der Waals surface area contributed by atoms with Gasteiger partial charge in [0.2, 0.25) is 11.8 Å². The average Bonchev–Trinajstić information content (AvgIpc) is 3.17. The summed E-state index contributed by atoms with van der Waals surface area (Å²) < 4.78 is 5.27. The van der Waals surface area contributed by atoms with E-state index in [-0.39, 0.29) is 25.0 Å². The summed E-state index contributed by atoms with van der Waals surface area (Å²) in [6.07, 6.45) is 1.38. The topological polar surface area (TPSA) is 117 Å². The average molecular weight is 408 g/mol. The van der Waals surface area contributed by atoms with Crippen LogP contribution in [-0.4, -0.2) is 43.3 Å². The van der Waals surface area contributed by atoms with Crippen molar-refractivity contribution in [2.75, 3.05) is 35.2 Å². The fourth-order valence-corrected chi connectivity index (χ4v) is 3.34. The summed E-state index contributed by atoms with van der Waals surface area (Å²) in [4.78, 5) is 49.3. The number of carbonyl (C=O) groups excluding carboxylic acids is 4. The molecule has 1 fully saturated rings. The van der Waals surface area contributed by atoms with Crippen molar-refractivity contribution in [2.24, 2.45) is 0 Å². The molecule has 0 bridgehead atoms. The molecule has 154 valence electrons. The molecule has 2 heterocycles. The van der Waals surface area contributed by atoms with E-state index in [0.717, 1.165) is 12.1 Å². The van der Waals surface area contributed by atoms with Crippen LogP contribution in [-0.2, 0) is 14.4 Å². The number of fused-ring (bicyclic) bond motifs is 1. The maximum Gasteiger partial charge on any atom is 0.262 e. The standard InChI is InChI=1S/C21H20N4O5/c26-18(23-14-5-8-17-16(10-14)24-19(27)12-30-17)11-22-21(29)13-3-6-15(7-4-13)25-9-1-2-20(25)28/h3-8,10H,1-2,9,11-12H2,(H,22,29)(H,23,26)(H,24,27). The Morgan fingerprint density at radius 3 is 2.63 bits per heavy atom. The summed E-state index contributed by atoms with van der Waals surface area (Å²) in [5, 5.41) is 7.88. The number of anilines is 3. The van der Waals surface area contributed by atoms with Gasteiger partial charge in [0.1, 0.15) is 5.75 Å². The number of hydrogen-bond donors (Lipinski definition) is 3. The molecule has 2 aromatic carbocycles. The summed E-state index contributed by atoms with van der Waals surface area (Å²) >= 11 is 0. The van der Waals surface area contributed by atoms with Crippen LogP contribution >= 0.6 is 0 Å². The van der Waals surface area contributed by atoms with Crippen LogP contribution in [0.1, 0.15) is 23.2 Å². The van der Waals surface area contributed by atoms with E-state index in [1.165, 1.54) is 0 Å². The lowest BCUT2D eigenvalue weighted by Crippen LogP contribution is -2.33. The van der Waals surface area contributed by atoms with E-state index in [0.29, 0.717) is 35.7 Å². The molecule has 2 aromatic rings. The van der Waals surface area contributed by atoms with Gasteiger partial charge in [0.15, 0.2) is 6.61 Å². The number of rotatable bonds is 5. The van der Waals surface area contributed by atoms with Gasteiger partial charge >= 0.3 is 0 Å². The summed E-state index contributed by atoms with van der Waals surface area (Å²) in [5.74, 6) is -0.461. The fourth-order valence-electron chi connectivity index (χ4n) is 3.34. The highest BCUT2D eigenvalue weighted by atomic mass is 16.5. The zero-order valence-electron chi connectivity index (χ0n) is 16.1. The Kier molecular flexibility index (Phi) is 5.34. The molecule has 0 spiro atoms. The minimum absolute atomic E-state index is 0.0416. The summed E-state index contributed by atoms with van der Waals surface area (Å²) in [5.41, 5.74) is 2.10. The lowest BCUT2D eigenvalue weighted by atomic mass is 10.2. The van der Waals surface area contributed by atoms with Crippen LogP contribution in [0.15, 0.2) is 42.5 Å². The van der Waals surface area contributed by atoms with Crippen molar-refractivity contribution in [3.63, 3.8) is 0 Å². The third-order valence-corrected chi connectivity index (χ3v) is 4.82. The Hall–Kier alpha value is -3.88. The molecule has 0 saturated carbocycles. The second-order valence-electron chi connectivity index (χ2n) is 6.97. The zero-order chi connectivity index (χ0) is 21.1. The van der Waals surface area contributed by atoms with E-state index >= 15 is 0 Å². The van der Waals surface area contributed by atoms with Crippen molar-refractivity contribution < 1.29 is 23.9 Å². The number of ether oxygens (including phenoxy) is 1. The Bertz CT molecular complexity index is 1020. The number of nitrogens with zero attached hydrogens (tertiary/aromatic N) is 1. The molecule has 0 radical (unpaired) electrons. The molecule has 4 amide bonds. The summed E-state index contributed by atoms with van der Waals surface area (Å²) in [7, 11) is 0. The fraction of sp³-hybridized carbons (Fsp3) is 0.238. The second-order valence-corrected chi connectivity index (χ2v) is 6.97. The first-order chi connectivity index (χ1) is 14.5. The lowest BCUT2D eigenvalue weighted by molar-refractivity contribution is -0.119. The molecule has 0 aromatic heterocycles. The van der Waals surface area contributed by atoms with Crippen molar-refractivity contribution >= 4 is 40.7 Å². The minimum atomic E-state index is -0.411. The van der Waals surface area contributed by atoms with Gasteiger partial charge in [-0.2, -0.15) is 0 Å². The maximum atomic E-state index is 12.3. The smallest absolute Gasteiger partial charge is 0.262 e. The van der Waals surface area contributed by atoms with Crippen LogP contribution in [0.25, 0.3) is 0 Å². The Morgan fingerprint density at radius 2 is 1.90 bits per heavy atom. The maximum absolute atomic E-state index is 12.3. The number of carbonyl (C=O) groups is 4. The van der Waals surface area contributed by atoms with Crippen molar-refractivity contribution in [3.05, 3.63) is 48.0 Å². The predicted molar refractivity (Wildman–Crippen MR) is 110 cm³/mol. The first-order valence-corrected chi connectivity index (χ1v) is 9.55. The van der Waals surface area contributed by atoms with Crippen molar-refractivity contribution in [2.45, 2.75) is 12.8 Å². The molecular weight excluding hydrogens is 388 g/mol. The molecule has 2 aliphatic heterocycles. The van der Waals surface area contributed by atoms with Gasteiger partial charge in [-0.1, -0.05) is 0 Å². The van der Waals surface area contributed by atoms with Gasteiger partial charge in [-0.25, -0.2) is 0 Å². The van der Waals surface area contributed by atoms with Gasteiger partial charge in [0.25, 0.3) is 11.8 Å². The van der Waals surface area contributed by atoms with Crippen molar-refractivity contribution in [3.8, 4) is 5.75 Å². The summed E-state index contributed by atoms with van der Waals surface area (Å²) in [6, 6.07) is 11.6. The van der Waals surface area contributed by atoms with E-state index in [1.807, 2.05) is 0 Å². The van der Waals surface area contributed by atoms with Crippen LogP contribution in [0.4, 0.5) is 17.1 Å². The van der Waals surface area contributed by atoms with Crippen molar-refractivity contribution in [1.29, 1.82) is 0 Å². The van der Waals surface area contributed by atoms with Gasteiger partial charge in [-0.3, -0.25) is 19.2 Å². The number of benzene rings is 2. The molecular formula is C21H20N4O5. The third-order valence-electron chi connectivity index (χ3n) is 4.82. The highest BCUT2D eigenvalue weighted by Crippen LogP contribution is 2.30. The molecule has 0 unspecified atom stereocenters. The van der Waals surface area contributed by atoms with Gasteiger partial charge in [-0.05, 0) is 48.9 Å². The molecule has 2 aliphatic rings. The van der Waals surface area contributed by atoms with E-state index in [4.69, 9.17) is 4.74 Å². The van der Waals surface area contributed by atoms with Crippen LogP contribution in [0, 0.1) is 0 Å². The van der Waals surface area contributed by atoms with Gasteiger partial charge in [0, 0.05) is 29.9 Å². The summed E-state index contributed by atoms with van der Waals surface area (Å²) in [6.45, 7) is 0.425. The van der Waals surface area contributed by atoms with E-state index in [9.17, 15) is 19.2 Å². The SMILES string of the molecule is O=C(CNC(=O)c1ccc(N2CCCC2=O)cc1)Nc1ccc2c(c1)NC(=O)CO2. The molecule has 0 atom stereocenters. The number of nitrogens with one attached hydrogen (secondary N) is 3. The van der Waals surface area contributed by atoms with Crippen LogP contribution in [0.5, 0.6) is 5.75 Å². The first kappa shape index (κ1) is 19.4. The van der Waals surface area contributed by atoms with E-state index < -0.39 is 11.8 Å². The molecule has 0 aliphatic carbocycles. The van der Waals surface area contributed by atoms with Crippen LogP contribution in [0.2, 0.25) is 0 Å². The quantitative estimate of drug-likeness (QED) is 0.693. The minimum Gasteiger partial charge on any atom is -0.482 e. The van der Waals surface area contributed by atoms with Crippen molar-refractivity contribution in [1.82, 2.24) is 5.32 Å². The highest BCUT2D eigenvalue weighted by Gasteiger charge is 2.22. The first-order valence-electron chi connectivity index (χ1n) is 9.55. The molecule has 9 nitrogen and oxygen atoms in total. The Balaban J connectivity index is 1.30. The molecule has 1 saturated heterocycles. The highest BCUT2D eigenvalue weighted by molar-refractivity contribution is 6.01. The second kappa shape index (κ2) is 8.24. The predicted octanol–water partition coefficient (Wildman–Crippen LogP) is 1.51. The molecule has 3 N–H and O–H groups in total. The normalized spacial score (nSPS) is 15.1. The molecule has 9 heteroatoms. The Morgan fingerprint density at radius 1 is 1.10 bits per heavy atom. The van der Waals surface area contributed by atoms with Crippen LogP contribution in [0.3, 0.4) is 0 Å². The van der Waals surface area contributed by atoms with Gasteiger partial charge in [-0.15, -0.1) is 0 Å². The number of amides is 4. The molecule has 30 heavy (non-hydrogen) atoms. The lowest BCUT2D eigenvalue weighted by Gasteiger charge is -2.18. The van der Waals surface area contributed by atoms with Gasteiger partial charge < -0.3 is 25.6 Å². The molecule has 4 rings (SSSR count). The third kappa shape index (κ3) is 4.24.